The Hall–Kier alpha value is -0.620. The van der Waals surface area contributed by atoms with Crippen LogP contribution in [0.2, 0.25) is 0 Å². The minimum absolute atomic E-state index is 0.234. The largest absolute Gasteiger partial charge is 0.342 e. The van der Waals surface area contributed by atoms with Crippen molar-refractivity contribution in [3.05, 3.63) is 0 Å². The lowest BCUT2D eigenvalue weighted by molar-refractivity contribution is -0.134. The second-order valence-corrected chi connectivity index (χ2v) is 6.20. The molecular formula is C10H17NO4S. The first-order valence-electron chi connectivity index (χ1n) is 5.63. The molecule has 0 N–H and O–H groups in total. The highest BCUT2D eigenvalue weighted by molar-refractivity contribution is 7.86. The van der Waals surface area contributed by atoms with Crippen molar-refractivity contribution in [2.24, 2.45) is 5.92 Å². The van der Waals surface area contributed by atoms with Gasteiger partial charge in [0.15, 0.2) is 0 Å². The van der Waals surface area contributed by atoms with Gasteiger partial charge in [-0.3, -0.25) is 8.98 Å². The van der Waals surface area contributed by atoms with Crippen molar-refractivity contribution in [2.75, 3.05) is 19.3 Å². The fraction of sp³-hybridized carbons (Fsp3) is 0.900. The lowest BCUT2D eigenvalue weighted by Gasteiger charge is -2.31. The number of hydrogen-bond acceptors (Lipinski definition) is 4. The van der Waals surface area contributed by atoms with Gasteiger partial charge < -0.3 is 4.90 Å². The number of carbonyl (C=O) groups excluding carboxylic acids is 1. The third-order valence-corrected chi connectivity index (χ3v) is 3.61. The third kappa shape index (κ3) is 3.18. The van der Waals surface area contributed by atoms with Crippen LogP contribution < -0.4 is 0 Å². The van der Waals surface area contributed by atoms with Gasteiger partial charge in [0.25, 0.3) is 10.1 Å². The molecule has 16 heavy (non-hydrogen) atoms. The molecule has 1 amide bonds. The molecule has 0 bridgehead atoms. The zero-order valence-electron chi connectivity index (χ0n) is 9.39. The minimum Gasteiger partial charge on any atom is -0.342 e. The second kappa shape index (κ2) is 4.33. The highest BCUT2D eigenvalue weighted by Gasteiger charge is 2.35. The summed E-state index contributed by atoms with van der Waals surface area (Å²) >= 11 is 0. The predicted molar refractivity (Wildman–Crippen MR) is 58.3 cm³/mol. The molecular weight excluding hydrogens is 230 g/mol. The molecule has 1 aliphatic heterocycles. The van der Waals surface area contributed by atoms with Crippen molar-refractivity contribution < 1.29 is 17.4 Å². The van der Waals surface area contributed by atoms with Crippen molar-refractivity contribution in [3.63, 3.8) is 0 Å². The molecule has 5 nitrogen and oxygen atoms in total. The van der Waals surface area contributed by atoms with Crippen LogP contribution in [0.5, 0.6) is 0 Å². The Kier molecular flexibility index (Phi) is 3.21. The van der Waals surface area contributed by atoms with Crippen LogP contribution in [-0.4, -0.2) is 44.7 Å². The third-order valence-electron chi connectivity index (χ3n) is 2.99. The van der Waals surface area contributed by atoms with Gasteiger partial charge in [-0.05, 0) is 25.7 Å². The number of carbonyl (C=O) groups is 1. The molecule has 92 valence electrons. The number of likely N-dealkylation sites (tertiary alicyclic amines) is 1. The van der Waals surface area contributed by atoms with Gasteiger partial charge in [0.1, 0.15) is 0 Å². The molecule has 2 rings (SSSR count). The van der Waals surface area contributed by atoms with Gasteiger partial charge in [-0.25, -0.2) is 0 Å². The molecule has 0 atom stereocenters. The summed E-state index contributed by atoms with van der Waals surface area (Å²) in [5.41, 5.74) is 0. The van der Waals surface area contributed by atoms with Gasteiger partial charge in [0.05, 0.1) is 12.4 Å². The zero-order chi connectivity index (χ0) is 11.8. The molecule has 1 heterocycles. The van der Waals surface area contributed by atoms with E-state index in [1.165, 1.54) is 0 Å². The Labute approximate surface area is 95.9 Å². The molecule has 2 fully saturated rings. The highest BCUT2D eigenvalue weighted by atomic mass is 32.2. The number of hydrogen-bond donors (Lipinski definition) is 0. The van der Waals surface area contributed by atoms with Gasteiger partial charge in [0.2, 0.25) is 5.91 Å². The smallest absolute Gasteiger partial charge is 0.264 e. The Morgan fingerprint density at radius 2 is 1.75 bits per heavy atom. The topological polar surface area (TPSA) is 63.7 Å². The van der Waals surface area contributed by atoms with E-state index in [4.69, 9.17) is 4.18 Å². The molecule has 0 aromatic heterocycles. The van der Waals surface area contributed by atoms with Crippen molar-refractivity contribution in [1.82, 2.24) is 4.90 Å². The normalized spacial score (nSPS) is 23.4. The Bertz CT molecular complexity index is 366. The van der Waals surface area contributed by atoms with Gasteiger partial charge in [-0.2, -0.15) is 8.42 Å². The average molecular weight is 247 g/mol. The summed E-state index contributed by atoms with van der Waals surface area (Å²) in [6.45, 7) is 1.24. The molecule has 0 radical (unpaired) electrons. The van der Waals surface area contributed by atoms with Crippen LogP contribution in [0, 0.1) is 5.92 Å². The van der Waals surface area contributed by atoms with Gasteiger partial charge in [-0.1, -0.05) is 0 Å². The van der Waals surface area contributed by atoms with Crippen molar-refractivity contribution in [3.8, 4) is 0 Å². The summed E-state index contributed by atoms with van der Waals surface area (Å²) in [5, 5.41) is 0. The van der Waals surface area contributed by atoms with E-state index in [1.807, 2.05) is 4.90 Å². The summed E-state index contributed by atoms with van der Waals surface area (Å²) in [6.07, 6.45) is 4.07. The molecule has 1 aliphatic carbocycles. The standard InChI is InChI=1S/C10H17NO4S/c1-16(13,14)15-9-4-6-11(7-5-9)10(12)8-2-3-8/h8-9H,2-7H2,1H3. The summed E-state index contributed by atoms with van der Waals surface area (Å²) in [6, 6.07) is 0. The molecule has 0 aromatic rings. The van der Waals surface area contributed by atoms with Crippen LogP contribution in [0.1, 0.15) is 25.7 Å². The first-order valence-corrected chi connectivity index (χ1v) is 7.44. The monoisotopic (exact) mass is 247 g/mol. The molecule has 1 saturated carbocycles. The Morgan fingerprint density at radius 1 is 1.19 bits per heavy atom. The van der Waals surface area contributed by atoms with E-state index in [2.05, 4.69) is 0 Å². The number of amides is 1. The van der Waals surface area contributed by atoms with Gasteiger partial charge in [0, 0.05) is 19.0 Å². The van der Waals surface area contributed by atoms with Crippen LogP contribution in [0.4, 0.5) is 0 Å². The summed E-state index contributed by atoms with van der Waals surface area (Å²) in [5.74, 6) is 0.477. The summed E-state index contributed by atoms with van der Waals surface area (Å²) in [4.78, 5) is 13.6. The van der Waals surface area contributed by atoms with Crippen molar-refractivity contribution in [2.45, 2.75) is 31.8 Å². The fourth-order valence-corrected chi connectivity index (χ4v) is 2.69. The average Bonchev–Trinajstić information content (AvgIpc) is 2.98. The maximum atomic E-state index is 11.7. The molecule has 0 aromatic carbocycles. The lowest BCUT2D eigenvalue weighted by atomic mass is 10.1. The molecule has 6 heteroatoms. The van der Waals surface area contributed by atoms with E-state index in [1.54, 1.807) is 0 Å². The Morgan fingerprint density at radius 3 is 2.19 bits per heavy atom. The van der Waals surface area contributed by atoms with Gasteiger partial charge in [-0.15, -0.1) is 0 Å². The maximum absolute atomic E-state index is 11.7. The quantitative estimate of drug-likeness (QED) is 0.676. The van der Waals surface area contributed by atoms with Gasteiger partial charge >= 0.3 is 0 Å². The van der Waals surface area contributed by atoms with E-state index >= 15 is 0 Å². The van der Waals surface area contributed by atoms with E-state index in [0.29, 0.717) is 25.9 Å². The maximum Gasteiger partial charge on any atom is 0.264 e. The first kappa shape index (κ1) is 11.9. The van der Waals surface area contributed by atoms with Crippen LogP contribution in [0.15, 0.2) is 0 Å². The number of nitrogens with zero attached hydrogens (tertiary/aromatic N) is 1. The molecule has 0 spiro atoms. The van der Waals surface area contributed by atoms with E-state index < -0.39 is 10.1 Å². The number of piperidine rings is 1. The van der Waals surface area contributed by atoms with E-state index in [9.17, 15) is 13.2 Å². The summed E-state index contributed by atoms with van der Waals surface area (Å²) < 4.78 is 26.8. The number of rotatable bonds is 3. The SMILES string of the molecule is CS(=O)(=O)OC1CCN(C(=O)C2CC2)CC1. The van der Waals surface area contributed by atoms with Crippen LogP contribution in [0.3, 0.4) is 0 Å². The van der Waals surface area contributed by atoms with Crippen molar-refractivity contribution in [1.29, 1.82) is 0 Å². The van der Waals surface area contributed by atoms with E-state index in [0.717, 1.165) is 19.1 Å². The summed E-state index contributed by atoms with van der Waals surface area (Å²) in [7, 11) is -3.37. The Balaban J connectivity index is 1.80. The molecule has 1 saturated heterocycles. The minimum atomic E-state index is -3.37. The second-order valence-electron chi connectivity index (χ2n) is 4.60. The highest BCUT2D eigenvalue weighted by Crippen LogP contribution is 2.32. The van der Waals surface area contributed by atoms with Crippen LogP contribution in [-0.2, 0) is 19.1 Å². The molecule has 2 aliphatic rings. The fourth-order valence-electron chi connectivity index (χ4n) is 2.01. The lowest BCUT2D eigenvalue weighted by Crippen LogP contribution is -2.42. The van der Waals surface area contributed by atoms with Crippen molar-refractivity contribution >= 4 is 16.0 Å². The van der Waals surface area contributed by atoms with E-state index in [-0.39, 0.29) is 17.9 Å². The van der Waals surface area contributed by atoms with Crippen LogP contribution >= 0.6 is 0 Å². The first-order chi connectivity index (χ1) is 7.46. The zero-order valence-corrected chi connectivity index (χ0v) is 10.2. The predicted octanol–water partition coefficient (Wildman–Crippen LogP) is 0.364. The molecule has 0 unspecified atom stereocenters. The van der Waals surface area contributed by atoms with Crippen LogP contribution in [0.25, 0.3) is 0 Å².